The molecule has 0 bridgehead atoms. The summed E-state index contributed by atoms with van der Waals surface area (Å²) in [5.74, 6) is 0.0670. The van der Waals surface area contributed by atoms with Gasteiger partial charge in [-0.25, -0.2) is 0 Å². The Morgan fingerprint density at radius 3 is 2.77 bits per heavy atom. The largest absolute Gasteiger partial charge is 0.388 e. The highest BCUT2D eigenvalue weighted by atomic mass is 16.3. The van der Waals surface area contributed by atoms with E-state index in [0.29, 0.717) is 5.57 Å². The number of aliphatic hydroxyl groups is 1. The maximum Gasteiger partial charge on any atom is 0.165 e. The van der Waals surface area contributed by atoms with Crippen molar-refractivity contribution in [3.05, 3.63) is 23.3 Å². The summed E-state index contributed by atoms with van der Waals surface area (Å²) in [5, 5.41) is 9.38. The zero-order chi connectivity index (χ0) is 9.84. The normalized spacial score (nSPS) is 23.6. The summed E-state index contributed by atoms with van der Waals surface area (Å²) in [7, 11) is 0. The molecule has 0 aromatic carbocycles. The van der Waals surface area contributed by atoms with Gasteiger partial charge in [0.2, 0.25) is 0 Å². The smallest absolute Gasteiger partial charge is 0.165 e. The van der Waals surface area contributed by atoms with Crippen LogP contribution in [0.15, 0.2) is 23.3 Å². The zero-order valence-corrected chi connectivity index (χ0v) is 8.21. The Bertz CT molecular complexity index is 261. The number of carbonyl (C=O) groups excluding carboxylic acids is 1. The van der Waals surface area contributed by atoms with Gasteiger partial charge in [0, 0.05) is 12.0 Å². The van der Waals surface area contributed by atoms with Gasteiger partial charge in [-0.3, -0.25) is 4.79 Å². The van der Waals surface area contributed by atoms with E-state index in [-0.39, 0.29) is 12.2 Å². The molecular weight excluding hydrogens is 164 g/mol. The van der Waals surface area contributed by atoms with E-state index in [0.717, 1.165) is 18.4 Å². The molecule has 1 atom stereocenters. The van der Waals surface area contributed by atoms with Crippen LogP contribution in [0.3, 0.4) is 0 Å². The molecule has 1 aliphatic rings. The number of carbonyl (C=O) groups is 1. The number of hydrogen-bond donors (Lipinski definition) is 1. The lowest BCUT2D eigenvalue weighted by Gasteiger charge is -1.98. The number of Topliss-reactive ketones (excluding diaryl/α,β-unsaturated/α-hetero) is 1. The maximum atomic E-state index is 11.3. The Labute approximate surface area is 79.0 Å². The monoisotopic (exact) mass is 180 g/mol. The van der Waals surface area contributed by atoms with E-state index in [1.54, 1.807) is 0 Å². The minimum Gasteiger partial charge on any atom is -0.388 e. The fraction of sp³-hybridized carbons (Fsp3) is 0.545. The van der Waals surface area contributed by atoms with Crippen LogP contribution in [0.25, 0.3) is 0 Å². The topological polar surface area (TPSA) is 37.3 Å². The lowest BCUT2D eigenvalue weighted by Crippen LogP contribution is -2.03. The summed E-state index contributed by atoms with van der Waals surface area (Å²) in [6.45, 7) is 3.91. The number of rotatable bonds is 3. The molecule has 0 spiro atoms. The lowest BCUT2D eigenvalue weighted by molar-refractivity contribution is -0.115. The highest BCUT2D eigenvalue weighted by Gasteiger charge is 2.25. The number of allylic oxidation sites excluding steroid dienone is 3. The van der Waals surface area contributed by atoms with Gasteiger partial charge in [-0.1, -0.05) is 25.5 Å². The average molecular weight is 180 g/mol. The molecule has 0 saturated heterocycles. The highest BCUT2D eigenvalue weighted by Crippen LogP contribution is 2.23. The summed E-state index contributed by atoms with van der Waals surface area (Å²) in [4.78, 5) is 11.3. The van der Waals surface area contributed by atoms with Gasteiger partial charge in [-0.2, -0.15) is 0 Å². The summed E-state index contributed by atoms with van der Waals surface area (Å²) >= 11 is 0. The van der Waals surface area contributed by atoms with E-state index in [9.17, 15) is 9.90 Å². The first kappa shape index (κ1) is 10.2. The van der Waals surface area contributed by atoms with Crippen LogP contribution in [0.4, 0.5) is 0 Å². The highest BCUT2D eigenvalue weighted by molar-refractivity contribution is 6.02. The molecule has 0 aromatic rings. The third kappa shape index (κ3) is 2.28. The summed E-state index contributed by atoms with van der Waals surface area (Å²) < 4.78 is 0. The molecule has 0 fully saturated rings. The third-order valence-electron chi connectivity index (χ3n) is 2.34. The molecular formula is C11H16O2. The minimum absolute atomic E-state index is 0.0670. The van der Waals surface area contributed by atoms with Gasteiger partial charge in [0.25, 0.3) is 0 Å². The van der Waals surface area contributed by atoms with Crippen molar-refractivity contribution in [2.75, 3.05) is 0 Å². The quantitative estimate of drug-likeness (QED) is 0.721. The first-order valence-corrected chi connectivity index (χ1v) is 4.75. The number of unbranched alkanes of at least 4 members (excludes halogenated alkanes) is 1. The molecule has 1 aliphatic carbocycles. The molecule has 1 rings (SSSR count). The summed E-state index contributed by atoms with van der Waals surface area (Å²) in [5.41, 5.74) is 1.53. The van der Waals surface area contributed by atoms with Crippen LogP contribution >= 0.6 is 0 Å². The van der Waals surface area contributed by atoms with E-state index < -0.39 is 6.10 Å². The predicted molar refractivity (Wildman–Crippen MR) is 52.4 cm³/mol. The van der Waals surface area contributed by atoms with Crippen LogP contribution in [0.1, 0.15) is 33.1 Å². The maximum absolute atomic E-state index is 11.3. The fourth-order valence-electron chi connectivity index (χ4n) is 1.43. The van der Waals surface area contributed by atoms with E-state index in [4.69, 9.17) is 0 Å². The predicted octanol–water partition coefficient (Wildman–Crippen LogP) is 1.99. The van der Waals surface area contributed by atoms with E-state index >= 15 is 0 Å². The van der Waals surface area contributed by atoms with Crippen molar-refractivity contribution in [2.45, 2.75) is 39.2 Å². The van der Waals surface area contributed by atoms with Crippen molar-refractivity contribution in [3.8, 4) is 0 Å². The van der Waals surface area contributed by atoms with Crippen LogP contribution in [-0.4, -0.2) is 17.0 Å². The molecule has 0 radical (unpaired) electrons. The first-order valence-electron chi connectivity index (χ1n) is 4.75. The summed E-state index contributed by atoms with van der Waals surface area (Å²) in [6, 6.07) is 0. The zero-order valence-electron chi connectivity index (χ0n) is 8.21. The van der Waals surface area contributed by atoms with Gasteiger partial charge in [0.15, 0.2) is 5.78 Å². The van der Waals surface area contributed by atoms with Gasteiger partial charge in [0.05, 0.1) is 6.10 Å². The van der Waals surface area contributed by atoms with Crippen LogP contribution in [-0.2, 0) is 4.79 Å². The molecule has 2 nitrogen and oxygen atoms in total. The molecule has 13 heavy (non-hydrogen) atoms. The van der Waals surface area contributed by atoms with Crippen molar-refractivity contribution in [1.82, 2.24) is 0 Å². The molecule has 0 saturated carbocycles. The molecule has 0 amide bonds. The van der Waals surface area contributed by atoms with E-state index in [1.807, 2.05) is 19.1 Å². The van der Waals surface area contributed by atoms with E-state index in [2.05, 4.69) is 6.92 Å². The van der Waals surface area contributed by atoms with Gasteiger partial charge < -0.3 is 5.11 Å². The molecule has 0 heterocycles. The van der Waals surface area contributed by atoms with Crippen molar-refractivity contribution in [1.29, 1.82) is 0 Å². The van der Waals surface area contributed by atoms with E-state index in [1.165, 1.54) is 0 Å². The number of ketones is 1. The van der Waals surface area contributed by atoms with Crippen LogP contribution in [0.2, 0.25) is 0 Å². The van der Waals surface area contributed by atoms with Gasteiger partial charge in [0.1, 0.15) is 0 Å². The van der Waals surface area contributed by atoms with Gasteiger partial charge >= 0.3 is 0 Å². The molecule has 2 heteroatoms. The number of aliphatic hydroxyl groups excluding tert-OH is 1. The van der Waals surface area contributed by atoms with Crippen molar-refractivity contribution in [3.63, 3.8) is 0 Å². The van der Waals surface area contributed by atoms with Gasteiger partial charge in [-0.05, 0) is 18.9 Å². The second-order valence-electron chi connectivity index (χ2n) is 3.43. The Morgan fingerprint density at radius 1 is 1.62 bits per heavy atom. The second kappa shape index (κ2) is 4.38. The van der Waals surface area contributed by atoms with Crippen LogP contribution in [0, 0.1) is 0 Å². The van der Waals surface area contributed by atoms with Gasteiger partial charge in [-0.15, -0.1) is 0 Å². The first-order chi connectivity index (χ1) is 6.16. The average Bonchev–Trinajstić information content (AvgIpc) is 2.32. The van der Waals surface area contributed by atoms with Crippen molar-refractivity contribution >= 4 is 5.78 Å². The SMILES string of the molecule is CCCC=CC1=C(C)C(O)CC1=O. The van der Waals surface area contributed by atoms with Crippen molar-refractivity contribution in [2.24, 2.45) is 0 Å². The molecule has 72 valence electrons. The molecule has 0 aromatic heterocycles. The third-order valence-corrected chi connectivity index (χ3v) is 2.34. The fourth-order valence-corrected chi connectivity index (χ4v) is 1.43. The van der Waals surface area contributed by atoms with Crippen LogP contribution < -0.4 is 0 Å². The minimum atomic E-state index is -0.547. The summed E-state index contributed by atoms with van der Waals surface area (Å²) in [6.07, 6.45) is 5.62. The Kier molecular flexibility index (Phi) is 3.43. The Morgan fingerprint density at radius 2 is 2.31 bits per heavy atom. The number of hydrogen-bond acceptors (Lipinski definition) is 2. The second-order valence-corrected chi connectivity index (χ2v) is 3.43. The van der Waals surface area contributed by atoms with Crippen molar-refractivity contribution < 1.29 is 9.90 Å². The lowest BCUT2D eigenvalue weighted by atomic mass is 10.1. The molecule has 1 N–H and O–H groups in total. The standard InChI is InChI=1S/C11H16O2/c1-3-4-5-6-9-8(2)10(12)7-11(9)13/h5-6,10,12H,3-4,7H2,1-2H3. The molecule has 0 aliphatic heterocycles. The van der Waals surface area contributed by atoms with Crippen LogP contribution in [0.5, 0.6) is 0 Å². The Hall–Kier alpha value is -0.890. The Balaban J connectivity index is 2.72. The molecule has 1 unspecified atom stereocenters.